The van der Waals surface area contributed by atoms with E-state index < -0.39 is 0 Å². The van der Waals surface area contributed by atoms with Gasteiger partial charge in [-0.15, -0.1) is 0 Å². The van der Waals surface area contributed by atoms with Crippen molar-refractivity contribution in [2.24, 2.45) is 0 Å². The van der Waals surface area contributed by atoms with E-state index in [1.807, 2.05) is 42.5 Å². The van der Waals surface area contributed by atoms with Crippen LogP contribution in [0.5, 0.6) is 5.75 Å². The molecule has 3 rings (SSSR count). The van der Waals surface area contributed by atoms with Gasteiger partial charge >= 0.3 is 0 Å². The van der Waals surface area contributed by atoms with Gasteiger partial charge in [0.1, 0.15) is 5.75 Å². The Morgan fingerprint density at radius 3 is 2.60 bits per heavy atom. The van der Waals surface area contributed by atoms with Crippen molar-refractivity contribution in [2.45, 2.75) is 19.8 Å². The Kier molecular flexibility index (Phi) is 4.84. The molecule has 0 saturated heterocycles. The zero-order valence-corrected chi connectivity index (χ0v) is 14.4. The molecule has 25 heavy (non-hydrogen) atoms. The van der Waals surface area contributed by atoms with E-state index in [1.54, 1.807) is 13.2 Å². The van der Waals surface area contributed by atoms with E-state index in [0.29, 0.717) is 23.1 Å². The van der Waals surface area contributed by atoms with Crippen LogP contribution in [0.15, 0.2) is 59.3 Å². The summed E-state index contributed by atoms with van der Waals surface area (Å²) in [5.41, 5.74) is 2.91. The number of aromatic nitrogens is 1. The van der Waals surface area contributed by atoms with Crippen LogP contribution in [0, 0.1) is 0 Å². The highest BCUT2D eigenvalue weighted by Gasteiger charge is 2.19. The molecule has 1 amide bonds. The fourth-order valence-electron chi connectivity index (χ4n) is 2.52. The van der Waals surface area contributed by atoms with E-state index in [4.69, 9.17) is 9.15 Å². The van der Waals surface area contributed by atoms with E-state index in [9.17, 15) is 4.79 Å². The van der Waals surface area contributed by atoms with Gasteiger partial charge in [0.05, 0.1) is 7.11 Å². The van der Waals surface area contributed by atoms with Gasteiger partial charge in [-0.3, -0.25) is 4.79 Å². The highest BCUT2D eigenvalue weighted by molar-refractivity contribution is 6.06. The Morgan fingerprint density at radius 2 is 1.92 bits per heavy atom. The van der Waals surface area contributed by atoms with Crippen LogP contribution < -0.4 is 10.1 Å². The number of nitrogens with zero attached hydrogens (tertiary/aromatic N) is 1. The van der Waals surface area contributed by atoms with Gasteiger partial charge in [-0.1, -0.05) is 38.1 Å². The molecule has 5 nitrogen and oxygen atoms in total. The summed E-state index contributed by atoms with van der Waals surface area (Å²) in [4.78, 5) is 16.6. The number of hydrogen-bond donors (Lipinski definition) is 1. The van der Waals surface area contributed by atoms with Crippen molar-refractivity contribution in [3.05, 3.63) is 66.2 Å². The maximum absolute atomic E-state index is 12.6. The Hall–Kier alpha value is -3.08. The van der Waals surface area contributed by atoms with Crippen LogP contribution in [0.1, 0.15) is 35.8 Å². The summed E-state index contributed by atoms with van der Waals surface area (Å²) in [7, 11) is 1.59. The topological polar surface area (TPSA) is 64.4 Å². The third-order valence-corrected chi connectivity index (χ3v) is 3.95. The molecule has 128 valence electrons. The first-order valence-corrected chi connectivity index (χ1v) is 8.07. The molecule has 1 heterocycles. The van der Waals surface area contributed by atoms with Crippen molar-refractivity contribution in [3.63, 3.8) is 0 Å². The second-order valence-corrected chi connectivity index (χ2v) is 5.99. The van der Waals surface area contributed by atoms with Gasteiger partial charge in [-0.2, -0.15) is 0 Å². The van der Waals surface area contributed by atoms with Crippen molar-refractivity contribution in [2.75, 3.05) is 12.4 Å². The lowest BCUT2D eigenvalue weighted by atomic mass is 10.0. The number of carbonyl (C=O) groups excluding carboxylic acids is 1. The fourth-order valence-corrected chi connectivity index (χ4v) is 2.52. The number of ether oxygens (including phenoxy) is 1. The van der Waals surface area contributed by atoms with E-state index in [1.165, 1.54) is 12.0 Å². The largest absolute Gasteiger partial charge is 0.497 e. The molecular formula is C20H20N2O3. The molecule has 5 heteroatoms. The second kappa shape index (κ2) is 7.21. The summed E-state index contributed by atoms with van der Waals surface area (Å²) in [5.74, 6) is 1.23. The molecule has 2 aromatic carbocycles. The van der Waals surface area contributed by atoms with E-state index >= 15 is 0 Å². The van der Waals surface area contributed by atoms with Gasteiger partial charge in [-0.05, 0) is 35.7 Å². The summed E-state index contributed by atoms with van der Waals surface area (Å²) in [6.07, 6.45) is 1.27. The third kappa shape index (κ3) is 3.71. The minimum Gasteiger partial charge on any atom is -0.497 e. The highest BCUT2D eigenvalue weighted by atomic mass is 16.5. The third-order valence-electron chi connectivity index (χ3n) is 3.95. The molecule has 0 saturated carbocycles. The first-order chi connectivity index (χ1) is 12.1. The standard InChI is InChI=1S/C20H20N2O3/c1-13(2)14-7-9-16(10-8-14)22-20(23)18-19(25-12-21-18)15-5-4-6-17(11-15)24-3/h4-13H,1-3H3,(H,22,23). The number of benzene rings is 2. The molecule has 0 aliphatic heterocycles. The van der Waals surface area contributed by atoms with Crippen LogP contribution in [0.25, 0.3) is 11.3 Å². The van der Waals surface area contributed by atoms with E-state index in [2.05, 4.69) is 24.1 Å². The number of oxazole rings is 1. The zero-order chi connectivity index (χ0) is 17.8. The maximum Gasteiger partial charge on any atom is 0.278 e. The molecule has 3 aromatic rings. The van der Waals surface area contributed by atoms with Gasteiger partial charge in [0.2, 0.25) is 0 Å². The Bertz CT molecular complexity index is 867. The zero-order valence-electron chi connectivity index (χ0n) is 14.4. The molecule has 1 N–H and O–H groups in total. The van der Waals surface area contributed by atoms with Gasteiger partial charge in [0, 0.05) is 11.3 Å². The molecule has 1 aromatic heterocycles. The molecular weight excluding hydrogens is 316 g/mol. The quantitative estimate of drug-likeness (QED) is 0.732. The number of hydrogen-bond acceptors (Lipinski definition) is 4. The summed E-state index contributed by atoms with van der Waals surface area (Å²) in [6.45, 7) is 4.26. The Labute approximate surface area is 146 Å². The smallest absolute Gasteiger partial charge is 0.278 e. The monoisotopic (exact) mass is 336 g/mol. The average Bonchev–Trinajstić information content (AvgIpc) is 3.12. The molecule has 0 unspecified atom stereocenters. The van der Waals surface area contributed by atoms with Crippen LogP contribution in [0.2, 0.25) is 0 Å². The normalized spacial score (nSPS) is 10.7. The molecule has 0 spiro atoms. The molecule has 0 bridgehead atoms. The van der Waals surface area contributed by atoms with Gasteiger partial charge in [0.15, 0.2) is 17.8 Å². The molecule has 0 aliphatic carbocycles. The summed E-state index contributed by atoms with van der Waals surface area (Å²) in [6, 6.07) is 15.1. The Balaban J connectivity index is 1.82. The van der Waals surface area contributed by atoms with Crippen LogP contribution in [0.3, 0.4) is 0 Å². The first-order valence-electron chi connectivity index (χ1n) is 8.07. The summed E-state index contributed by atoms with van der Waals surface area (Å²) < 4.78 is 10.6. The summed E-state index contributed by atoms with van der Waals surface area (Å²) in [5, 5.41) is 2.86. The van der Waals surface area contributed by atoms with Crippen LogP contribution in [-0.4, -0.2) is 18.0 Å². The molecule has 0 fully saturated rings. The van der Waals surface area contributed by atoms with Crippen LogP contribution >= 0.6 is 0 Å². The lowest BCUT2D eigenvalue weighted by Gasteiger charge is -2.08. The number of nitrogens with one attached hydrogen (secondary N) is 1. The van der Waals surface area contributed by atoms with Crippen LogP contribution in [0.4, 0.5) is 5.69 Å². The molecule has 0 aliphatic rings. The van der Waals surface area contributed by atoms with Gasteiger partial charge in [0.25, 0.3) is 5.91 Å². The predicted molar refractivity (Wildman–Crippen MR) is 97.0 cm³/mol. The van der Waals surface area contributed by atoms with E-state index in [0.717, 1.165) is 5.56 Å². The predicted octanol–water partition coefficient (Wildman–Crippen LogP) is 4.73. The van der Waals surface area contributed by atoms with Crippen molar-refractivity contribution < 1.29 is 13.9 Å². The van der Waals surface area contributed by atoms with Gasteiger partial charge < -0.3 is 14.5 Å². The maximum atomic E-state index is 12.6. The fraction of sp³-hybridized carbons (Fsp3) is 0.200. The Morgan fingerprint density at radius 1 is 1.16 bits per heavy atom. The van der Waals surface area contributed by atoms with Crippen molar-refractivity contribution >= 4 is 11.6 Å². The van der Waals surface area contributed by atoms with Gasteiger partial charge in [-0.25, -0.2) is 4.98 Å². The lowest BCUT2D eigenvalue weighted by Crippen LogP contribution is -2.13. The van der Waals surface area contributed by atoms with Crippen molar-refractivity contribution in [3.8, 4) is 17.1 Å². The first kappa shape index (κ1) is 16.8. The minimum absolute atomic E-state index is 0.237. The number of anilines is 1. The van der Waals surface area contributed by atoms with E-state index in [-0.39, 0.29) is 11.6 Å². The summed E-state index contributed by atoms with van der Waals surface area (Å²) >= 11 is 0. The van der Waals surface area contributed by atoms with Crippen LogP contribution in [-0.2, 0) is 0 Å². The molecule has 0 radical (unpaired) electrons. The number of amides is 1. The molecule has 0 atom stereocenters. The number of methoxy groups -OCH3 is 1. The minimum atomic E-state index is -0.316. The highest BCUT2D eigenvalue weighted by Crippen LogP contribution is 2.27. The number of carbonyl (C=O) groups is 1. The SMILES string of the molecule is COc1cccc(-c2ocnc2C(=O)Nc2ccc(C(C)C)cc2)c1. The average molecular weight is 336 g/mol. The van der Waals surface area contributed by atoms with Crippen molar-refractivity contribution in [1.29, 1.82) is 0 Å². The number of rotatable bonds is 5. The lowest BCUT2D eigenvalue weighted by molar-refractivity contribution is 0.102. The van der Waals surface area contributed by atoms with Crippen molar-refractivity contribution in [1.82, 2.24) is 4.98 Å². The second-order valence-electron chi connectivity index (χ2n) is 5.99.